The first-order valence-corrected chi connectivity index (χ1v) is 13.6. The maximum absolute atomic E-state index is 10.9. The summed E-state index contributed by atoms with van der Waals surface area (Å²) in [7, 11) is 0. The zero-order valence-corrected chi connectivity index (χ0v) is 22.0. The number of allylic oxidation sites excluding steroid dienone is 2. The Balaban J connectivity index is 1.59. The molecule has 7 atom stereocenters. The Morgan fingerprint density at radius 1 is 0.677 bits per heavy atom. The van der Waals surface area contributed by atoms with Crippen LogP contribution >= 0.6 is 0 Å². The van der Waals surface area contributed by atoms with Gasteiger partial charge in [0.2, 0.25) is 0 Å². The lowest BCUT2D eigenvalue weighted by Crippen LogP contribution is -2.64. The van der Waals surface area contributed by atoms with E-state index in [4.69, 9.17) is 0 Å². The van der Waals surface area contributed by atoms with Gasteiger partial charge in [-0.25, -0.2) is 0 Å². The van der Waals surface area contributed by atoms with E-state index in [9.17, 15) is 5.11 Å². The minimum Gasteiger partial charge on any atom is -0.393 e. The second kappa shape index (κ2) is 6.43. The van der Waals surface area contributed by atoms with Crippen molar-refractivity contribution in [1.82, 2.24) is 0 Å². The fraction of sp³-hybridized carbons (Fsp3) is 0.933. The molecule has 31 heavy (non-hydrogen) atoms. The fourth-order valence-corrected chi connectivity index (χ4v) is 10.5. The summed E-state index contributed by atoms with van der Waals surface area (Å²) in [4.78, 5) is 0. The van der Waals surface area contributed by atoms with Gasteiger partial charge in [-0.05, 0) is 115 Å². The molecule has 176 valence electrons. The quantitative estimate of drug-likeness (QED) is 0.386. The Hall–Kier alpha value is -0.300. The van der Waals surface area contributed by atoms with Crippen LogP contribution in [0.25, 0.3) is 0 Å². The van der Waals surface area contributed by atoms with Crippen molar-refractivity contribution in [2.24, 2.45) is 44.3 Å². The van der Waals surface area contributed by atoms with Crippen LogP contribution in [-0.2, 0) is 0 Å². The topological polar surface area (TPSA) is 20.2 Å². The molecule has 0 aromatic rings. The van der Waals surface area contributed by atoms with Gasteiger partial charge in [-0.15, -0.1) is 0 Å². The number of aliphatic hydroxyl groups excluding tert-OH is 1. The summed E-state index contributed by atoms with van der Waals surface area (Å²) in [5, 5.41) is 10.9. The Bertz CT molecular complexity index is 803. The van der Waals surface area contributed by atoms with Gasteiger partial charge in [0, 0.05) is 0 Å². The highest BCUT2D eigenvalue weighted by Gasteiger charge is 2.67. The molecule has 4 fully saturated rings. The molecule has 1 N–H and O–H groups in total. The predicted octanol–water partition coefficient (Wildman–Crippen LogP) is 8.31. The third-order valence-electron chi connectivity index (χ3n) is 12.9. The third-order valence-corrected chi connectivity index (χ3v) is 12.9. The SMILES string of the molecule is CC1(C)CCC2(C)CCC3(C)C(=C2C1)CCC1C2(C)CCC(O)C(C)(C)C2CCC13C. The van der Waals surface area contributed by atoms with Gasteiger partial charge in [0.25, 0.3) is 0 Å². The van der Waals surface area contributed by atoms with Crippen molar-refractivity contribution >= 4 is 0 Å². The van der Waals surface area contributed by atoms with E-state index >= 15 is 0 Å². The first-order chi connectivity index (χ1) is 14.2. The molecule has 0 aliphatic heterocycles. The molecule has 0 spiro atoms. The number of hydrogen-bond acceptors (Lipinski definition) is 1. The van der Waals surface area contributed by atoms with Crippen LogP contribution in [0.2, 0.25) is 0 Å². The molecule has 1 nitrogen and oxygen atoms in total. The van der Waals surface area contributed by atoms with E-state index in [0.717, 1.165) is 12.3 Å². The van der Waals surface area contributed by atoms with E-state index in [2.05, 4.69) is 55.4 Å². The van der Waals surface area contributed by atoms with Crippen molar-refractivity contribution in [2.75, 3.05) is 0 Å². The molecule has 0 saturated heterocycles. The van der Waals surface area contributed by atoms with Crippen molar-refractivity contribution in [3.8, 4) is 0 Å². The van der Waals surface area contributed by atoms with Crippen LogP contribution in [0.15, 0.2) is 11.1 Å². The van der Waals surface area contributed by atoms with Crippen molar-refractivity contribution < 1.29 is 5.11 Å². The molecule has 0 aromatic heterocycles. The van der Waals surface area contributed by atoms with E-state index in [-0.39, 0.29) is 11.5 Å². The smallest absolute Gasteiger partial charge is 0.0594 e. The zero-order chi connectivity index (χ0) is 22.7. The van der Waals surface area contributed by atoms with Crippen molar-refractivity contribution in [3.05, 3.63) is 11.1 Å². The van der Waals surface area contributed by atoms with E-state index < -0.39 is 0 Å². The summed E-state index contributed by atoms with van der Waals surface area (Å²) in [6.45, 7) is 20.4. The van der Waals surface area contributed by atoms with Crippen molar-refractivity contribution in [3.63, 3.8) is 0 Å². The average Bonchev–Trinajstić information content (AvgIpc) is 2.67. The largest absolute Gasteiger partial charge is 0.393 e. The van der Waals surface area contributed by atoms with Crippen molar-refractivity contribution in [2.45, 2.75) is 132 Å². The third kappa shape index (κ3) is 2.77. The molecule has 7 unspecified atom stereocenters. The molecule has 0 heterocycles. The molecule has 1 heteroatoms. The molecule has 0 aromatic carbocycles. The lowest BCUT2D eigenvalue weighted by molar-refractivity contribution is -0.204. The van der Waals surface area contributed by atoms with Gasteiger partial charge >= 0.3 is 0 Å². The van der Waals surface area contributed by atoms with Crippen molar-refractivity contribution in [1.29, 1.82) is 0 Å². The minimum absolute atomic E-state index is 0.0620. The average molecular weight is 427 g/mol. The molecule has 4 saturated carbocycles. The summed E-state index contributed by atoms with van der Waals surface area (Å²) in [5.41, 5.74) is 6.03. The number of hydrogen-bond donors (Lipinski definition) is 1. The zero-order valence-electron chi connectivity index (χ0n) is 22.0. The van der Waals surface area contributed by atoms with Gasteiger partial charge in [0.1, 0.15) is 0 Å². The number of fused-ring (bicyclic) bond motifs is 6. The van der Waals surface area contributed by atoms with E-state index in [1.54, 1.807) is 0 Å². The molecule has 5 rings (SSSR count). The monoisotopic (exact) mass is 426 g/mol. The lowest BCUT2D eigenvalue weighted by atomic mass is 9.34. The molecule has 5 aliphatic carbocycles. The maximum Gasteiger partial charge on any atom is 0.0594 e. The van der Waals surface area contributed by atoms with Gasteiger partial charge in [-0.2, -0.15) is 0 Å². The molecule has 0 radical (unpaired) electrons. The van der Waals surface area contributed by atoms with E-state index in [1.165, 1.54) is 64.2 Å². The maximum atomic E-state index is 10.9. The standard InChI is InChI=1S/C30H50O/c1-25(2)15-16-27(5)17-18-29(7)20(21(27)19-25)9-10-23-28(6)13-12-24(31)26(3,4)22(28)11-14-30(23,29)8/h22-24,31H,9-19H2,1-8H3. The van der Waals surface area contributed by atoms with Crippen LogP contribution in [0, 0.1) is 44.3 Å². The molecular weight excluding hydrogens is 376 g/mol. The summed E-state index contributed by atoms with van der Waals surface area (Å²) in [6, 6.07) is 0. The Kier molecular flexibility index (Phi) is 4.66. The highest BCUT2D eigenvalue weighted by Crippen LogP contribution is 2.75. The first-order valence-electron chi connectivity index (χ1n) is 13.6. The van der Waals surface area contributed by atoms with Gasteiger partial charge in [0.05, 0.1) is 6.10 Å². The summed E-state index contributed by atoms with van der Waals surface area (Å²) in [5.74, 6) is 1.47. The molecule has 0 amide bonds. The summed E-state index contributed by atoms with van der Waals surface area (Å²) in [6.07, 6.45) is 14.5. The Morgan fingerprint density at radius 3 is 2.06 bits per heavy atom. The van der Waals surface area contributed by atoms with Crippen LogP contribution in [0.1, 0.15) is 126 Å². The Morgan fingerprint density at radius 2 is 1.35 bits per heavy atom. The van der Waals surface area contributed by atoms with E-state index in [0.29, 0.717) is 33.0 Å². The fourth-order valence-electron chi connectivity index (χ4n) is 10.5. The number of aliphatic hydroxyl groups is 1. The van der Waals surface area contributed by atoms with Crippen LogP contribution in [0.4, 0.5) is 0 Å². The molecular formula is C30H50O. The molecule has 5 aliphatic rings. The minimum atomic E-state index is -0.119. The van der Waals surface area contributed by atoms with Gasteiger partial charge in [0.15, 0.2) is 0 Å². The van der Waals surface area contributed by atoms with E-state index in [1.807, 2.05) is 11.1 Å². The molecule has 0 bridgehead atoms. The number of rotatable bonds is 0. The second-order valence-corrected chi connectivity index (χ2v) is 15.2. The highest BCUT2D eigenvalue weighted by atomic mass is 16.3. The predicted molar refractivity (Wildman–Crippen MR) is 131 cm³/mol. The van der Waals surface area contributed by atoms with Crippen LogP contribution < -0.4 is 0 Å². The summed E-state index contributed by atoms with van der Waals surface area (Å²) >= 11 is 0. The van der Waals surface area contributed by atoms with Gasteiger partial charge < -0.3 is 5.11 Å². The Labute approximate surface area is 192 Å². The highest BCUT2D eigenvalue weighted by molar-refractivity contribution is 5.38. The first kappa shape index (κ1) is 22.5. The van der Waals surface area contributed by atoms with Crippen LogP contribution in [0.5, 0.6) is 0 Å². The van der Waals surface area contributed by atoms with Gasteiger partial charge in [-0.1, -0.05) is 66.5 Å². The lowest BCUT2D eigenvalue weighted by Gasteiger charge is -2.71. The van der Waals surface area contributed by atoms with Crippen LogP contribution in [0.3, 0.4) is 0 Å². The summed E-state index contributed by atoms with van der Waals surface area (Å²) < 4.78 is 0. The van der Waals surface area contributed by atoms with Crippen LogP contribution in [-0.4, -0.2) is 11.2 Å². The second-order valence-electron chi connectivity index (χ2n) is 15.2. The normalized spacial score (nSPS) is 53.1. The van der Waals surface area contributed by atoms with Gasteiger partial charge in [-0.3, -0.25) is 0 Å².